The zero-order chi connectivity index (χ0) is 49.1. The monoisotopic (exact) mass is 969 g/mol. The van der Waals surface area contributed by atoms with Gasteiger partial charge in [-0.3, -0.25) is 4.79 Å². The van der Waals surface area contributed by atoms with Crippen molar-refractivity contribution in [3.8, 4) is 11.5 Å². The lowest BCUT2D eigenvalue weighted by Crippen LogP contribution is -2.70. The molecule has 6 rings (SSSR count). The van der Waals surface area contributed by atoms with Crippen molar-refractivity contribution in [2.45, 2.75) is 172 Å². The number of oxime groups is 1. The van der Waals surface area contributed by atoms with Gasteiger partial charge in [0.05, 0.1) is 24.8 Å². The van der Waals surface area contributed by atoms with Crippen LogP contribution in [-0.2, 0) is 20.9 Å². The Labute approximate surface area is 417 Å². The van der Waals surface area contributed by atoms with Crippen LogP contribution in [0.3, 0.4) is 0 Å². The van der Waals surface area contributed by atoms with Crippen molar-refractivity contribution < 1.29 is 38.4 Å². The number of fused-ring (bicyclic) bond motifs is 2. The van der Waals surface area contributed by atoms with Crippen molar-refractivity contribution >= 4 is 23.4 Å². The first-order valence-corrected chi connectivity index (χ1v) is 27.1. The van der Waals surface area contributed by atoms with Gasteiger partial charge in [-0.1, -0.05) is 119 Å². The van der Waals surface area contributed by atoms with E-state index in [1.54, 1.807) is 30.0 Å². The largest absolute Gasteiger partial charge is 0.493 e. The molecule has 1 heterocycles. The van der Waals surface area contributed by atoms with E-state index in [9.17, 15) is 14.6 Å². The fourth-order valence-corrected chi connectivity index (χ4v) is 11.4. The molecule has 3 aliphatic rings. The molecule has 378 valence electrons. The molecule has 0 aromatic heterocycles. The van der Waals surface area contributed by atoms with Crippen LogP contribution >= 0.6 is 11.8 Å². The smallest absolute Gasteiger partial charge is 0.239 e. The van der Waals surface area contributed by atoms with Crippen LogP contribution in [-0.4, -0.2) is 76.3 Å². The molecule has 6 atom stereocenters. The summed E-state index contributed by atoms with van der Waals surface area (Å²) in [6, 6.07) is 22.2. The highest BCUT2D eigenvalue weighted by Gasteiger charge is 2.65. The highest BCUT2D eigenvalue weighted by Crippen LogP contribution is 2.62. The summed E-state index contributed by atoms with van der Waals surface area (Å²) in [4.78, 5) is 24.7. The number of hydrogen-bond donors (Lipinski definition) is 2. The number of nitrogens with zero attached hydrogens (tertiary/aromatic N) is 2. The molecule has 3 aromatic rings. The predicted molar refractivity (Wildman–Crippen MR) is 277 cm³/mol. The lowest BCUT2D eigenvalue weighted by atomic mass is 9.55. The fraction of sp³-hybridized carbons (Fsp3) is 0.586. The summed E-state index contributed by atoms with van der Waals surface area (Å²) in [7, 11) is 0. The van der Waals surface area contributed by atoms with E-state index in [4.69, 9.17) is 24.2 Å². The van der Waals surface area contributed by atoms with E-state index in [-0.39, 0.29) is 55.8 Å². The maximum atomic E-state index is 15.2. The molecule has 2 N–H and O–H groups in total. The number of amides is 1. The number of ether oxygens (including phenoxy) is 3. The number of carbonyl (C=O) groups excluding carboxylic acids is 1. The number of aliphatic hydroxyl groups excluding tert-OH is 2. The molecule has 0 spiro atoms. The fourth-order valence-electron chi connectivity index (χ4n) is 10.7. The van der Waals surface area contributed by atoms with Crippen LogP contribution in [0.25, 0.3) is 0 Å². The first kappa shape index (κ1) is 54.2. The van der Waals surface area contributed by atoms with Crippen LogP contribution in [0.2, 0.25) is 0 Å². The lowest BCUT2D eigenvalue weighted by Gasteiger charge is -2.60. The molecule has 1 saturated carbocycles. The molecule has 69 heavy (non-hydrogen) atoms. The first-order valence-electron chi connectivity index (χ1n) is 26.1. The second-order valence-electron chi connectivity index (χ2n) is 20.2. The van der Waals surface area contributed by atoms with Crippen molar-refractivity contribution in [3.63, 3.8) is 0 Å². The number of hydrogen-bond acceptors (Lipinski definition) is 9. The number of rotatable bonds is 30. The number of allylic oxidation sites excluding steroid dienone is 1. The molecular weight excluding hydrogens is 888 g/mol. The number of thioether (sulfide) groups is 1. The van der Waals surface area contributed by atoms with Crippen LogP contribution in [0.5, 0.6) is 11.5 Å². The summed E-state index contributed by atoms with van der Waals surface area (Å²) in [5.74, 6) is 0.00513. The Morgan fingerprint density at radius 2 is 1.61 bits per heavy atom. The van der Waals surface area contributed by atoms with Gasteiger partial charge in [-0.25, -0.2) is 4.39 Å². The number of benzene rings is 3. The minimum absolute atomic E-state index is 0.0161. The first-order chi connectivity index (χ1) is 33.5. The van der Waals surface area contributed by atoms with Gasteiger partial charge in [0, 0.05) is 54.7 Å². The van der Waals surface area contributed by atoms with E-state index in [1.165, 1.54) is 49.1 Å². The number of carbonyl (C=O) groups is 1. The summed E-state index contributed by atoms with van der Waals surface area (Å²) >= 11 is 1.75. The summed E-state index contributed by atoms with van der Waals surface area (Å²) in [6.45, 7) is 13.4. The van der Waals surface area contributed by atoms with Gasteiger partial charge < -0.3 is 34.2 Å². The molecule has 2 aliphatic carbocycles. The average Bonchev–Trinajstić information content (AvgIpc) is 3.34. The van der Waals surface area contributed by atoms with Gasteiger partial charge in [0.2, 0.25) is 11.7 Å². The molecule has 0 bridgehead atoms. The Hall–Kier alpha value is -4.16. The Bertz CT molecular complexity index is 2090. The highest BCUT2D eigenvalue weighted by molar-refractivity contribution is 7.99. The summed E-state index contributed by atoms with van der Waals surface area (Å²) < 4.78 is 35.7. The zero-order valence-corrected chi connectivity index (χ0v) is 42.9. The number of unbranched alkanes of at least 4 members (excludes halogenated alkanes) is 10. The van der Waals surface area contributed by atoms with Crippen LogP contribution in [0.15, 0.2) is 107 Å². The minimum Gasteiger partial charge on any atom is -0.493 e. The van der Waals surface area contributed by atoms with Crippen molar-refractivity contribution in [2.75, 3.05) is 32.2 Å². The second-order valence-corrected chi connectivity index (χ2v) is 21.4. The summed E-state index contributed by atoms with van der Waals surface area (Å²) in [5, 5.41) is 25.1. The Balaban J connectivity index is 1.47. The third-order valence-electron chi connectivity index (χ3n) is 13.9. The van der Waals surface area contributed by atoms with Crippen molar-refractivity contribution in [3.05, 3.63) is 114 Å². The van der Waals surface area contributed by atoms with Crippen LogP contribution in [0.1, 0.15) is 154 Å². The van der Waals surface area contributed by atoms with Gasteiger partial charge in [-0.15, -0.1) is 18.3 Å². The molecule has 1 aliphatic heterocycles. The van der Waals surface area contributed by atoms with E-state index in [0.29, 0.717) is 38.0 Å². The molecular formula is C58H81FN2O7S. The van der Waals surface area contributed by atoms with Gasteiger partial charge in [0.1, 0.15) is 29.0 Å². The number of halogens is 1. The molecule has 1 amide bonds. The predicted octanol–water partition coefficient (Wildman–Crippen LogP) is 13.4. The van der Waals surface area contributed by atoms with Gasteiger partial charge in [0.25, 0.3) is 0 Å². The van der Waals surface area contributed by atoms with Gasteiger partial charge >= 0.3 is 0 Å². The molecule has 1 fully saturated rings. The molecule has 0 saturated heterocycles. The Kier molecular flexibility index (Phi) is 21.5. The molecule has 0 radical (unpaired) electrons. The summed E-state index contributed by atoms with van der Waals surface area (Å²) in [5.41, 5.74) is 2.96. The minimum atomic E-state index is -1.40. The van der Waals surface area contributed by atoms with Crippen LogP contribution in [0.4, 0.5) is 4.39 Å². The maximum absolute atomic E-state index is 15.2. The molecule has 11 heteroatoms. The quantitative estimate of drug-likeness (QED) is 0.0294. The highest BCUT2D eigenvalue weighted by atomic mass is 32.2. The third kappa shape index (κ3) is 15.2. The standard InChI is InChI=1S/C58H81FN2O7S/c1-6-8-9-10-11-12-13-14-18-27-54(64)61(42-43-28-30-45(59)31-29-43)53-41-51(60-68-57(3,4)5)49-39-44(23-19-21-34-62)48(26-20-22-35-63)55-50-40-46(65-37-38-69-47-24-16-15-17-25-47)32-33-52(50)67-58(53,56(49)55)66-36-7-2/h7,15-17,24-25,28-33,39-40,44,48,53,55-56,62-63H,2,6,8-14,18-23,26-27,34-38,41-42H2,1,3-5H3/t44-,48+,53-,55+,56+,58+/m0/s1. The van der Waals surface area contributed by atoms with Crippen molar-refractivity contribution in [1.82, 2.24) is 4.90 Å². The molecule has 9 nitrogen and oxygen atoms in total. The van der Waals surface area contributed by atoms with E-state index in [1.807, 2.05) is 56.0 Å². The average molecular weight is 969 g/mol. The van der Waals surface area contributed by atoms with Gasteiger partial charge in [-0.2, -0.15) is 0 Å². The van der Waals surface area contributed by atoms with Gasteiger partial charge in [0.15, 0.2) is 0 Å². The third-order valence-corrected chi connectivity index (χ3v) is 14.9. The molecule has 3 aromatic carbocycles. The second kappa shape index (κ2) is 27.4. The van der Waals surface area contributed by atoms with E-state index >= 15 is 4.79 Å². The zero-order valence-electron chi connectivity index (χ0n) is 42.1. The van der Waals surface area contributed by atoms with Crippen LogP contribution < -0.4 is 9.47 Å². The van der Waals surface area contributed by atoms with Crippen LogP contribution in [0, 0.1) is 23.6 Å². The Morgan fingerprint density at radius 1 is 0.913 bits per heavy atom. The lowest BCUT2D eigenvalue weighted by molar-refractivity contribution is -0.258. The summed E-state index contributed by atoms with van der Waals surface area (Å²) in [6.07, 6.45) is 19.7. The van der Waals surface area contributed by atoms with E-state index < -0.39 is 23.3 Å². The van der Waals surface area contributed by atoms with E-state index in [2.05, 4.69) is 37.8 Å². The van der Waals surface area contributed by atoms with Crippen molar-refractivity contribution in [1.29, 1.82) is 0 Å². The topological polar surface area (TPSA) is 110 Å². The van der Waals surface area contributed by atoms with E-state index in [0.717, 1.165) is 85.3 Å². The van der Waals surface area contributed by atoms with Gasteiger partial charge in [-0.05, 0) is 118 Å². The maximum Gasteiger partial charge on any atom is 0.239 e. The van der Waals surface area contributed by atoms with Crippen molar-refractivity contribution in [2.24, 2.45) is 22.9 Å². The Morgan fingerprint density at radius 3 is 2.29 bits per heavy atom. The normalized spacial score (nSPS) is 22.3. The SMILES string of the molecule is C=CCO[C@@]12Oc3ccc(OCCSc4ccccc4)cc3[C@H]3[C@H](CCCCO)[C@@H](CCCCO)C=C(C(=NOC(C)(C)C)C[C@@H]1N(Cc1ccc(F)cc1)C(=O)CCCCCCCCCCC)[C@H]32. The number of aliphatic hydroxyl groups is 2. The molecule has 0 unspecified atom stereocenters.